The van der Waals surface area contributed by atoms with Gasteiger partial charge in [-0.2, -0.15) is 5.48 Å². The molecule has 2 rings (SSSR count). The maximum Gasteiger partial charge on any atom is 0.219 e. The van der Waals surface area contributed by atoms with E-state index in [9.17, 15) is 9.59 Å². The van der Waals surface area contributed by atoms with E-state index in [1.165, 1.54) is 0 Å². The summed E-state index contributed by atoms with van der Waals surface area (Å²) < 4.78 is 5.29. The smallest absolute Gasteiger partial charge is 0.219 e. The van der Waals surface area contributed by atoms with Crippen molar-refractivity contribution in [3.05, 3.63) is 42.5 Å². The Balaban J connectivity index is 1.83. The van der Waals surface area contributed by atoms with E-state index in [0.717, 1.165) is 34.0 Å². The van der Waals surface area contributed by atoms with Crippen molar-refractivity contribution in [1.29, 1.82) is 0 Å². The van der Waals surface area contributed by atoms with Crippen LogP contribution >= 0.6 is 12.0 Å². The van der Waals surface area contributed by atoms with Crippen LogP contribution in [0, 0.1) is 0 Å². The number of hydrogen-bond donors (Lipinski definition) is 2. The molecule has 0 aliphatic heterocycles. The number of rotatable bonds is 8. The molecule has 6 heteroatoms. The van der Waals surface area contributed by atoms with Gasteiger partial charge in [0, 0.05) is 18.4 Å². The third kappa shape index (κ3) is 4.84. The number of nitrogens with one attached hydrogen (secondary N) is 2. The minimum atomic E-state index is -0.509. The van der Waals surface area contributed by atoms with Crippen molar-refractivity contribution in [3.8, 4) is 0 Å². The van der Waals surface area contributed by atoms with Crippen LogP contribution in [-0.2, 0) is 13.9 Å². The van der Waals surface area contributed by atoms with Gasteiger partial charge >= 0.3 is 0 Å². The number of carbonyl (C=O) groups is 2. The second-order valence-corrected chi connectivity index (χ2v) is 5.55. The number of amides is 1. The minimum Gasteiger partial charge on any atom is -0.359 e. The fourth-order valence-electron chi connectivity index (χ4n) is 1.92. The molecule has 1 atom stereocenters. The lowest BCUT2D eigenvalue weighted by atomic mass is 10.1. The van der Waals surface area contributed by atoms with E-state index in [4.69, 9.17) is 4.28 Å². The molecule has 0 bridgehead atoms. The summed E-state index contributed by atoms with van der Waals surface area (Å²) in [7, 11) is 1.57. The first-order chi connectivity index (χ1) is 10.7. The Kier molecular flexibility index (Phi) is 6.39. The Morgan fingerprint density at radius 2 is 2.05 bits per heavy atom. The zero-order valence-corrected chi connectivity index (χ0v) is 13.1. The standard InChI is InChI=1S/C16H18N2O3S/c1-17-16(20)9-7-14(11-19)18-21-22-15-8-6-12-4-2-3-5-13(12)10-15/h2-6,8,10-11,14,18H,7,9H2,1H3,(H,17,20). The molecule has 0 saturated carbocycles. The number of hydrogen-bond acceptors (Lipinski definition) is 5. The Bertz CT molecular complexity index is 648. The first kappa shape index (κ1) is 16.5. The molecule has 5 nitrogen and oxygen atoms in total. The summed E-state index contributed by atoms with van der Waals surface area (Å²) in [5, 5.41) is 4.81. The van der Waals surface area contributed by atoms with E-state index < -0.39 is 6.04 Å². The summed E-state index contributed by atoms with van der Waals surface area (Å²) in [5.41, 5.74) is 2.66. The lowest BCUT2D eigenvalue weighted by Gasteiger charge is -2.11. The van der Waals surface area contributed by atoms with Gasteiger partial charge in [-0.3, -0.25) is 4.79 Å². The monoisotopic (exact) mass is 318 g/mol. The molecule has 0 aliphatic carbocycles. The van der Waals surface area contributed by atoms with Gasteiger partial charge in [0.15, 0.2) is 0 Å². The van der Waals surface area contributed by atoms with E-state index in [-0.39, 0.29) is 12.3 Å². The average Bonchev–Trinajstić information content (AvgIpc) is 2.57. The van der Waals surface area contributed by atoms with Crippen molar-refractivity contribution in [3.63, 3.8) is 0 Å². The molecule has 1 amide bonds. The van der Waals surface area contributed by atoms with Gasteiger partial charge < -0.3 is 10.1 Å². The summed E-state index contributed by atoms with van der Waals surface area (Å²) in [5.74, 6) is -0.101. The highest BCUT2D eigenvalue weighted by Crippen LogP contribution is 2.23. The van der Waals surface area contributed by atoms with Crippen molar-refractivity contribution in [1.82, 2.24) is 10.8 Å². The van der Waals surface area contributed by atoms with Crippen LogP contribution in [0.2, 0.25) is 0 Å². The second kappa shape index (κ2) is 8.53. The predicted molar refractivity (Wildman–Crippen MR) is 87.2 cm³/mol. The lowest BCUT2D eigenvalue weighted by Crippen LogP contribution is -2.30. The molecule has 0 heterocycles. The molecule has 1 unspecified atom stereocenters. The van der Waals surface area contributed by atoms with Gasteiger partial charge in [-0.15, -0.1) is 0 Å². The SMILES string of the molecule is CNC(=O)CCC(C=O)NOSc1ccc2ccccc2c1. The molecule has 2 N–H and O–H groups in total. The van der Waals surface area contributed by atoms with Crippen molar-refractivity contribution >= 4 is 35.0 Å². The number of benzene rings is 2. The van der Waals surface area contributed by atoms with E-state index >= 15 is 0 Å². The topological polar surface area (TPSA) is 67.4 Å². The van der Waals surface area contributed by atoms with Gasteiger partial charge in [-0.1, -0.05) is 30.3 Å². The van der Waals surface area contributed by atoms with Crippen LogP contribution in [0.15, 0.2) is 47.4 Å². The first-order valence-corrected chi connectivity index (χ1v) is 7.71. The van der Waals surface area contributed by atoms with Gasteiger partial charge in [0.05, 0.1) is 18.1 Å². The Hall–Kier alpha value is -1.89. The summed E-state index contributed by atoms with van der Waals surface area (Å²) in [6.45, 7) is 0. The van der Waals surface area contributed by atoms with Crippen molar-refractivity contribution in [2.75, 3.05) is 7.05 Å². The Labute approximate surface area is 133 Å². The molecule has 0 radical (unpaired) electrons. The summed E-state index contributed by atoms with van der Waals surface area (Å²) in [6.07, 6.45) is 1.41. The van der Waals surface area contributed by atoms with Crippen molar-refractivity contribution in [2.45, 2.75) is 23.8 Å². The van der Waals surface area contributed by atoms with E-state index in [1.54, 1.807) is 7.05 Å². The normalized spacial score (nSPS) is 12.0. The molecule has 0 fully saturated rings. The van der Waals surface area contributed by atoms with Crippen LogP contribution in [0.25, 0.3) is 10.8 Å². The molecular formula is C16H18N2O3S. The van der Waals surface area contributed by atoms with Crippen molar-refractivity contribution < 1.29 is 13.9 Å². The van der Waals surface area contributed by atoms with Gasteiger partial charge in [0.25, 0.3) is 0 Å². The van der Waals surface area contributed by atoms with Crippen LogP contribution in [-0.4, -0.2) is 25.3 Å². The molecule has 0 spiro atoms. The lowest BCUT2D eigenvalue weighted by molar-refractivity contribution is -0.121. The van der Waals surface area contributed by atoms with Gasteiger partial charge in [0.1, 0.15) is 6.29 Å². The van der Waals surface area contributed by atoms with Gasteiger partial charge in [0.2, 0.25) is 5.91 Å². The number of hydroxylamine groups is 1. The third-order valence-corrected chi connectivity index (χ3v) is 3.81. The number of aldehydes is 1. The highest BCUT2D eigenvalue weighted by Gasteiger charge is 2.10. The fourth-order valence-corrected chi connectivity index (χ4v) is 2.49. The molecule has 22 heavy (non-hydrogen) atoms. The maximum absolute atomic E-state index is 11.2. The second-order valence-electron chi connectivity index (χ2n) is 4.75. The molecule has 2 aromatic rings. The largest absolute Gasteiger partial charge is 0.359 e. The number of fused-ring (bicyclic) bond motifs is 1. The van der Waals surface area contributed by atoms with Crippen molar-refractivity contribution in [2.24, 2.45) is 0 Å². The third-order valence-electron chi connectivity index (χ3n) is 3.18. The average molecular weight is 318 g/mol. The van der Waals surface area contributed by atoms with E-state index in [1.807, 2.05) is 42.5 Å². The highest BCUT2D eigenvalue weighted by molar-refractivity contribution is 7.94. The highest BCUT2D eigenvalue weighted by atomic mass is 32.2. The van der Waals surface area contributed by atoms with Crippen LogP contribution in [0.3, 0.4) is 0 Å². The molecule has 0 aromatic heterocycles. The first-order valence-electron chi connectivity index (χ1n) is 6.96. The van der Waals surface area contributed by atoms with Crippen LogP contribution in [0.5, 0.6) is 0 Å². The predicted octanol–water partition coefficient (Wildman–Crippen LogP) is 2.46. The van der Waals surface area contributed by atoms with Gasteiger partial charge in [-0.05, 0) is 29.3 Å². The van der Waals surface area contributed by atoms with Crippen LogP contribution < -0.4 is 10.8 Å². The summed E-state index contributed by atoms with van der Waals surface area (Å²) >= 11 is 1.15. The van der Waals surface area contributed by atoms with Crippen LogP contribution in [0.1, 0.15) is 12.8 Å². The summed E-state index contributed by atoms with van der Waals surface area (Å²) in [4.78, 5) is 23.0. The molecule has 116 valence electrons. The maximum atomic E-state index is 11.2. The minimum absolute atomic E-state index is 0.101. The van der Waals surface area contributed by atoms with Crippen LogP contribution in [0.4, 0.5) is 0 Å². The Morgan fingerprint density at radius 3 is 2.77 bits per heavy atom. The molecule has 0 saturated heterocycles. The fraction of sp³-hybridized carbons (Fsp3) is 0.250. The Morgan fingerprint density at radius 1 is 1.27 bits per heavy atom. The quantitative estimate of drug-likeness (QED) is 0.444. The molecular weight excluding hydrogens is 300 g/mol. The zero-order valence-electron chi connectivity index (χ0n) is 12.2. The zero-order chi connectivity index (χ0) is 15.8. The summed E-state index contributed by atoms with van der Waals surface area (Å²) in [6, 6.07) is 13.5. The van der Waals surface area contributed by atoms with E-state index in [0.29, 0.717) is 6.42 Å². The molecule has 0 aliphatic rings. The van der Waals surface area contributed by atoms with E-state index in [2.05, 4.69) is 10.8 Å². The number of carbonyl (C=O) groups excluding carboxylic acids is 2. The van der Waals surface area contributed by atoms with Gasteiger partial charge in [-0.25, -0.2) is 4.28 Å². The molecule has 2 aromatic carbocycles.